The van der Waals surface area contributed by atoms with Crippen LogP contribution >= 0.6 is 22.9 Å². The zero-order valence-electron chi connectivity index (χ0n) is 18.4. The zero-order chi connectivity index (χ0) is 23.8. The largest absolute Gasteiger partial charge is 0.494 e. The summed E-state index contributed by atoms with van der Waals surface area (Å²) in [7, 11) is 0. The van der Waals surface area contributed by atoms with Crippen LogP contribution < -0.4 is 24.8 Å². The first kappa shape index (κ1) is 24.3. The average Bonchev–Trinajstić information content (AvgIpc) is 3.12. The maximum Gasteiger partial charge on any atom is 0.273 e. The number of halogens is 1. The number of unbranched alkanes of at least 4 members (excludes halogenated alkanes) is 1. The molecule has 1 N–H and O–H groups in total. The Labute approximate surface area is 201 Å². The molecule has 3 aromatic rings. The fourth-order valence-corrected chi connectivity index (χ4v) is 4.34. The predicted molar refractivity (Wildman–Crippen MR) is 132 cm³/mol. The molecule has 0 spiro atoms. The van der Waals surface area contributed by atoms with Gasteiger partial charge in [0.15, 0.2) is 5.57 Å². The average molecular weight is 482 g/mol. The van der Waals surface area contributed by atoms with Crippen LogP contribution in [0.2, 0.25) is 5.02 Å². The minimum absolute atomic E-state index is 0.0992. The minimum atomic E-state index is -0.495. The summed E-state index contributed by atoms with van der Waals surface area (Å²) < 4.78 is 7.57. The summed E-state index contributed by atoms with van der Waals surface area (Å²) in [6.07, 6.45) is 3.44. The van der Waals surface area contributed by atoms with Crippen molar-refractivity contribution in [3.8, 4) is 17.5 Å². The van der Waals surface area contributed by atoms with Crippen molar-refractivity contribution in [2.24, 2.45) is 0 Å². The fourth-order valence-electron chi connectivity index (χ4n) is 3.12. The van der Waals surface area contributed by atoms with Gasteiger partial charge in [0.05, 0.1) is 16.8 Å². The van der Waals surface area contributed by atoms with E-state index in [-0.39, 0.29) is 15.8 Å². The first-order valence-electron chi connectivity index (χ1n) is 10.6. The smallest absolute Gasteiger partial charge is 0.273 e. The van der Waals surface area contributed by atoms with E-state index in [4.69, 9.17) is 16.3 Å². The van der Waals surface area contributed by atoms with Crippen molar-refractivity contribution in [2.45, 2.75) is 26.7 Å². The Bertz CT molecular complexity index is 1330. The normalized spacial score (nSPS) is 12.2. The number of carbonyl (C=O) groups is 1. The molecule has 0 aliphatic heterocycles. The molecule has 1 heterocycles. The Morgan fingerprint density at radius 1 is 1.18 bits per heavy atom. The van der Waals surface area contributed by atoms with E-state index in [9.17, 15) is 14.9 Å². The molecule has 0 aliphatic rings. The number of nitriles is 1. The fraction of sp³-hybridized carbons (Fsp3) is 0.240. The molecule has 8 heteroatoms. The van der Waals surface area contributed by atoms with Gasteiger partial charge in [0.2, 0.25) is 0 Å². The van der Waals surface area contributed by atoms with E-state index < -0.39 is 5.91 Å². The molecular formula is C25H24ClN3O3S. The first-order chi connectivity index (χ1) is 16.0. The number of benzene rings is 2. The van der Waals surface area contributed by atoms with Gasteiger partial charge in [-0.2, -0.15) is 5.26 Å². The lowest BCUT2D eigenvalue weighted by Gasteiger charge is -2.07. The molecule has 0 unspecified atom stereocenters. The third-order valence-electron chi connectivity index (χ3n) is 4.77. The van der Waals surface area contributed by atoms with E-state index in [1.54, 1.807) is 54.6 Å². The van der Waals surface area contributed by atoms with Gasteiger partial charge in [-0.05, 0) is 61.4 Å². The van der Waals surface area contributed by atoms with Gasteiger partial charge in [-0.1, -0.05) is 37.1 Å². The van der Waals surface area contributed by atoms with Crippen molar-refractivity contribution >= 4 is 40.5 Å². The van der Waals surface area contributed by atoms with E-state index in [0.717, 1.165) is 29.7 Å². The number of hydrogen-bond donors (Lipinski definition) is 1. The number of thiazole rings is 1. The monoisotopic (exact) mass is 481 g/mol. The standard InChI is InChI=1S/C25H24ClN3O3S/c1-3-5-14-28-23(30)21(16-27)25-29(19-10-12-20(13-11-19)32-4-2)24(31)22(33-25)15-17-6-8-18(26)9-7-17/h6-13,15H,3-5,14H2,1-2H3,(H,28,30)/b22-15-,25-21-. The van der Waals surface area contributed by atoms with Gasteiger partial charge in [0, 0.05) is 11.6 Å². The molecular weight excluding hydrogens is 458 g/mol. The number of rotatable bonds is 8. The second-order valence-electron chi connectivity index (χ2n) is 7.13. The number of hydrogen-bond acceptors (Lipinski definition) is 5. The van der Waals surface area contributed by atoms with Gasteiger partial charge >= 0.3 is 0 Å². The van der Waals surface area contributed by atoms with Crippen molar-refractivity contribution in [2.75, 3.05) is 13.2 Å². The molecule has 1 aromatic heterocycles. The molecule has 3 rings (SSSR count). The van der Waals surface area contributed by atoms with E-state index >= 15 is 0 Å². The van der Waals surface area contributed by atoms with Gasteiger partial charge in [-0.15, -0.1) is 11.3 Å². The first-order valence-corrected chi connectivity index (χ1v) is 11.8. The van der Waals surface area contributed by atoms with Crippen molar-refractivity contribution < 1.29 is 9.53 Å². The molecule has 0 fully saturated rings. The Hall–Kier alpha value is -3.34. The maximum absolute atomic E-state index is 13.4. The number of ether oxygens (including phenoxy) is 1. The lowest BCUT2D eigenvalue weighted by Crippen LogP contribution is -2.34. The van der Waals surface area contributed by atoms with Gasteiger partial charge in [-0.25, -0.2) is 0 Å². The van der Waals surface area contributed by atoms with Crippen molar-refractivity contribution in [3.63, 3.8) is 0 Å². The van der Waals surface area contributed by atoms with E-state index in [0.29, 0.717) is 34.1 Å². The summed E-state index contributed by atoms with van der Waals surface area (Å²) in [6.45, 7) is 4.89. The third kappa shape index (κ3) is 5.92. The van der Waals surface area contributed by atoms with Gasteiger partial charge < -0.3 is 10.1 Å². The Morgan fingerprint density at radius 2 is 1.88 bits per heavy atom. The lowest BCUT2D eigenvalue weighted by atomic mass is 10.2. The summed E-state index contributed by atoms with van der Waals surface area (Å²) in [5.41, 5.74) is 0.912. The van der Waals surface area contributed by atoms with Crippen LogP contribution in [0, 0.1) is 11.3 Å². The van der Waals surface area contributed by atoms with Crippen LogP contribution in [0.5, 0.6) is 5.75 Å². The van der Waals surface area contributed by atoms with Crippen LogP contribution in [0.4, 0.5) is 0 Å². The molecule has 0 bridgehead atoms. The molecule has 33 heavy (non-hydrogen) atoms. The molecule has 0 saturated heterocycles. The highest BCUT2D eigenvalue weighted by Gasteiger charge is 2.17. The SMILES string of the molecule is CCCCNC(=O)/C(C#N)=c1\s/c(=C\c2ccc(Cl)cc2)c(=O)n1-c1ccc(OCC)cc1. The second-order valence-corrected chi connectivity index (χ2v) is 8.60. The van der Waals surface area contributed by atoms with Crippen LogP contribution in [0.15, 0.2) is 53.3 Å². The highest BCUT2D eigenvalue weighted by molar-refractivity contribution is 7.07. The number of nitrogens with one attached hydrogen (secondary N) is 1. The summed E-state index contributed by atoms with van der Waals surface area (Å²) in [4.78, 5) is 26.2. The van der Waals surface area contributed by atoms with E-state index in [1.165, 1.54) is 4.57 Å². The number of aromatic nitrogens is 1. The molecule has 1 amide bonds. The molecule has 2 aromatic carbocycles. The van der Waals surface area contributed by atoms with Crippen LogP contribution in [0.25, 0.3) is 17.3 Å². The Kier molecular flexibility index (Phi) is 8.47. The summed E-state index contributed by atoms with van der Waals surface area (Å²) in [6, 6.07) is 16.0. The summed E-state index contributed by atoms with van der Waals surface area (Å²) in [5.74, 6) is 0.172. The van der Waals surface area contributed by atoms with E-state index in [1.807, 2.05) is 19.9 Å². The highest BCUT2D eigenvalue weighted by atomic mass is 35.5. The molecule has 170 valence electrons. The third-order valence-corrected chi connectivity index (χ3v) is 6.11. The highest BCUT2D eigenvalue weighted by Crippen LogP contribution is 2.14. The van der Waals surface area contributed by atoms with Gasteiger partial charge in [0.25, 0.3) is 11.5 Å². The van der Waals surface area contributed by atoms with Crippen LogP contribution in [0.3, 0.4) is 0 Å². The topological polar surface area (TPSA) is 84.1 Å². The minimum Gasteiger partial charge on any atom is -0.494 e. The van der Waals surface area contributed by atoms with Gasteiger partial charge in [0.1, 0.15) is 16.5 Å². The summed E-state index contributed by atoms with van der Waals surface area (Å²) in [5, 5.41) is 13.2. The maximum atomic E-state index is 13.4. The second kappa shape index (κ2) is 11.5. The predicted octanol–water partition coefficient (Wildman–Crippen LogP) is 3.37. The molecule has 0 radical (unpaired) electrons. The van der Waals surface area contributed by atoms with Crippen molar-refractivity contribution in [1.29, 1.82) is 5.26 Å². The molecule has 0 aliphatic carbocycles. The quantitative estimate of drug-likeness (QED) is 0.500. The Balaban J connectivity index is 2.24. The summed E-state index contributed by atoms with van der Waals surface area (Å²) >= 11 is 7.07. The molecule has 6 nitrogen and oxygen atoms in total. The van der Waals surface area contributed by atoms with Crippen molar-refractivity contribution in [1.82, 2.24) is 9.88 Å². The van der Waals surface area contributed by atoms with Crippen LogP contribution in [0.1, 0.15) is 32.3 Å². The van der Waals surface area contributed by atoms with Crippen LogP contribution in [-0.2, 0) is 4.79 Å². The molecule has 0 atom stereocenters. The van der Waals surface area contributed by atoms with Crippen molar-refractivity contribution in [3.05, 3.63) is 78.7 Å². The molecule has 0 saturated carbocycles. The van der Waals surface area contributed by atoms with Gasteiger partial charge in [-0.3, -0.25) is 14.2 Å². The van der Waals surface area contributed by atoms with Crippen LogP contribution in [-0.4, -0.2) is 23.6 Å². The van der Waals surface area contributed by atoms with E-state index in [2.05, 4.69) is 5.32 Å². The Morgan fingerprint density at radius 3 is 2.48 bits per heavy atom. The lowest BCUT2D eigenvalue weighted by molar-refractivity contribution is -0.115. The number of carbonyl (C=O) groups excluding carboxylic acids is 1. The zero-order valence-corrected chi connectivity index (χ0v) is 20.0. The number of amides is 1. The number of nitrogens with zero attached hydrogens (tertiary/aromatic N) is 2.